The molecule has 1 amide bonds. The fourth-order valence-corrected chi connectivity index (χ4v) is 3.40. The number of aliphatic carboxylic acids is 1. The van der Waals surface area contributed by atoms with Crippen molar-refractivity contribution in [1.82, 2.24) is 9.88 Å². The maximum atomic E-state index is 12.2. The average molecular weight is 313 g/mol. The second kappa shape index (κ2) is 6.52. The number of nitrogens with one attached hydrogen (secondary N) is 1. The molecule has 1 saturated carbocycles. The van der Waals surface area contributed by atoms with E-state index in [0.29, 0.717) is 17.3 Å². The summed E-state index contributed by atoms with van der Waals surface area (Å²) in [6.45, 7) is 0.404. The van der Waals surface area contributed by atoms with E-state index in [1.807, 2.05) is 0 Å². The van der Waals surface area contributed by atoms with Gasteiger partial charge >= 0.3 is 5.97 Å². The zero-order valence-electron chi connectivity index (χ0n) is 12.2. The van der Waals surface area contributed by atoms with Crippen molar-refractivity contribution in [1.29, 1.82) is 0 Å². The van der Waals surface area contributed by atoms with E-state index in [9.17, 15) is 9.59 Å². The largest absolute Gasteiger partial charge is 0.481 e. The van der Waals surface area contributed by atoms with Crippen LogP contribution in [0.3, 0.4) is 0 Å². The van der Waals surface area contributed by atoms with E-state index in [0.717, 1.165) is 32.1 Å². The first kappa shape index (κ1) is 15.9. The van der Waals surface area contributed by atoms with Crippen LogP contribution in [0.1, 0.15) is 49.0 Å². The molecule has 1 fully saturated rings. The molecule has 116 valence electrons. The molecule has 21 heavy (non-hydrogen) atoms. The standard InChI is InChI=1S/C15H21ClN2O3/c1-18-9-11(16)7-12(18)14(21)17-10-15(8-13(19)20)5-3-2-4-6-15/h7,9H,2-6,8,10H2,1H3,(H,17,21)(H,19,20). The minimum Gasteiger partial charge on any atom is -0.481 e. The fraction of sp³-hybridized carbons (Fsp3) is 0.600. The van der Waals surface area contributed by atoms with Gasteiger partial charge in [0.1, 0.15) is 5.69 Å². The lowest BCUT2D eigenvalue weighted by atomic mass is 9.71. The fourth-order valence-electron chi connectivity index (χ4n) is 3.15. The number of hydrogen-bond acceptors (Lipinski definition) is 2. The number of amides is 1. The molecule has 0 atom stereocenters. The Morgan fingerprint density at radius 3 is 2.57 bits per heavy atom. The van der Waals surface area contributed by atoms with Gasteiger partial charge in [-0.2, -0.15) is 0 Å². The van der Waals surface area contributed by atoms with Crippen LogP contribution in [0.5, 0.6) is 0 Å². The first-order valence-corrected chi connectivity index (χ1v) is 7.62. The van der Waals surface area contributed by atoms with Crippen LogP contribution in [-0.2, 0) is 11.8 Å². The molecule has 1 aliphatic carbocycles. The van der Waals surface area contributed by atoms with Crippen molar-refractivity contribution in [3.63, 3.8) is 0 Å². The third-order valence-corrected chi connectivity index (χ3v) is 4.48. The van der Waals surface area contributed by atoms with Crippen molar-refractivity contribution >= 4 is 23.5 Å². The van der Waals surface area contributed by atoms with E-state index in [1.165, 1.54) is 0 Å². The average Bonchev–Trinajstić information content (AvgIpc) is 2.75. The second-order valence-electron chi connectivity index (χ2n) is 5.97. The highest BCUT2D eigenvalue weighted by Gasteiger charge is 2.34. The van der Waals surface area contributed by atoms with Gasteiger partial charge in [0.2, 0.25) is 0 Å². The molecule has 0 aromatic carbocycles. The Labute approximate surface area is 129 Å². The van der Waals surface area contributed by atoms with Gasteiger partial charge in [0.15, 0.2) is 0 Å². The van der Waals surface area contributed by atoms with E-state index in [-0.39, 0.29) is 17.7 Å². The summed E-state index contributed by atoms with van der Waals surface area (Å²) in [4.78, 5) is 23.3. The molecule has 2 N–H and O–H groups in total. The lowest BCUT2D eigenvalue weighted by Gasteiger charge is -2.36. The molecule has 5 nitrogen and oxygen atoms in total. The summed E-state index contributed by atoms with van der Waals surface area (Å²) in [5.74, 6) is -1.01. The molecule has 0 saturated heterocycles. The summed E-state index contributed by atoms with van der Waals surface area (Å²) in [5.41, 5.74) is 0.176. The van der Waals surface area contributed by atoms with Gasteiger partial charge in [-0.3, -0.25) is 9.59 Å². The predicted octanol–water partition coefficient (Wildman–Crippen LogP) is 2.83. The first-order valence-electron chi connectivity index (χ1n) is 7.24. The first-order chi connectivity index (χ1) is 9.92. The molecule has 0 aliphatic heterocycles. The summed E-state index contributed by atoms with van der Waals surface area (Å²) in [6, 6.07) is 1.61. The molecule has 1 aromatic rings. The van der Waals surface area contributed by atoms with Crippen LogP contribution >= 0.6 is 11.6 Å². The zero-order chi connectivity index (χ0) is 15.5. The number of carbonyl (C=O) groups excluding carboxylic acids is 1. The van der Waals surface area contributed by atoms with Gasteiger partial charge in [-0.15, -0.1) is 0 Å². The third-order valence-electron chi connectivity index (χ3n) is 4.27. The van der Waals surface area contributed by atoms with Crippen LogP contribution in [0.2, 0.25) is 5.02 Å². The lowest BCUT2D eigenvalue weighted by molar-refractivity contribution is -0.140. The summed E-state index contributed by atoms with van der Waals surface area (Å²) >= 11 is 5.88. The molecular weight excluding hydrogens is 292 g/mol. The van der Waals surface area contributed by atoms with Gasteiger partial charge in [0.05, 0.1) is 11.4 Å². The molecule has 0 bridgehead atoms. The SMILES string of the molecule is Cn1cc(Cl)cc1C(=O)NCC1(CC(=O)O)CCCCC1. The molecule has 6 heteroatoms. The van der Waals surface area contributed by atoms with Gasteiger partial charge in [0, 0.05) is 19.8 Å². The van der Waals surface area contributed by atoms with Crippen LogP contribution in [0, 0.1) is 5.41 Å². The summed E-state index contributed by atoms with van der Waals surface area (Å²) in [7, 11) is 1.76. The minimum atomic E-state index is -0.798. The highest BCUT2D eigenvalue weighted by atomic mass is 35.5. The maximum Gasteiger partial charge on any atom is 0.303 e. The normalized spacial score (nSPS) is 17.4. The number of rotatable bonds is 5. The number of aryl methyl sites for hydroxylation is 1. The number of hydrogen-bond donors (Lipinski definition) is 2. The van der Waals surface area contributed by atoms with Crippen LogP contribution in [-0.4, -0.2) is 28.1 Å². The van der Waals surface area contributed by atoms with Crippen molar-refractivity contribution in [3.05, 3.63) is 23.0 Å². The molecular formula is C15H21ClN2O3. The summed E-state index contributed by atoms with van der Waals surface area (Å²) in [5, 5.41) is 12.5. The monoisotopic (exact) mass is 312 g/mol. The van der Waals surface area contributed by atoms with Crippen molar-refractivity contribution in [2.75, 3.05) is 6.54 Å². The van der Waals surface area contributed by atoms with Crippen LogP contribution in [0.4, 0.5) is 0 Å². The van der Waals surface area contributed by atoms with Gasteiger partial charge in [-0.25, -0.2) is 0 Å². The quantitative estimate of drug-likeness (QED) is 0.878. The van der Waals surface area contributed by atoms with Crippen LogP contribution in [0.15, 0.2) is 12.3 Å². The van der Waals surface area contributed by atoms with Gasteiger partial charge in [0.25, 0.3) is 5.91 Å². The van der Waals surface area contributed by atoms with E-state index in [2.05, 4.69) is 5.32 Å². The van der Waals surface area contributed by atoms with E-state index >= 15 is 0 Å². The molecule has 0 radical (unpaired) electrons. The highest BCUT2D eigenvalue weighted by molar-refractivity contribution is 6.31. The van der Waals surface area contributed by atoms with E-state index in [1.54, 1.807) is 23.9 Å². The van der Waals surface area contributed by atoms with Gasteiger partial charge in [-0.05, 0) is 24.3 Å². The molecule has 1 heterocycles. The smallest absolute Gasteiger partial charge is 0.303 e. The molecule has 1 aliphatic rings. The summed E-state index contributed by atoms with van der Waals surface area (Å²) < 4.78 is 1.67. The minimum absolute atomic E-state index is 0.112. The number of aromatic nitrogens is 1. The number of carbonyl (C=O) groups is 2. The molecule has 0 spiro atoms. The Morgan fingerprint density at radius 2 is 2.05 bits per heavy atom. The van der Waals surface area contributed by atoms with Gasteiger partial charge < -0.3 is 15.0 Å². The van der Waals surface area contributed by atoms with Crippen LogP contribution in [0.25, 0.3) is 0 Å². The molecule has 0 unspecified atom stereocenters. The Hall–Kier alpha value is -1.49. The Balaban J connectivity index is 2.02. The zero-order valence-corrected chi connectivity index (χ0v) is 12.9. The second-order valence-corrected chi connectivity index (χ2v) is 6.40. The van der Waals surface area contributed by atoms with Crippen molar-refractivity contribution in [3.8, 4) is 0 Å². The molecule has 1 aromatic heterocycles. The topological polar surface area (TPSA) is 71.3 Å². The van der Waals surface area contributed by atoms with E-state index < -0.39 is 5.97 Å². The number of halogens is 1. The number of carboxylic acid groups (broad SMARTS) is 1. The highest BCUT2D eigenvalue weighted by Crippen LogP contribution is 2.38. The Bertz CT molecular complexity index is 533. The van der Waals surface area contributed by atoms with E-state index in [4.69, 9.17) is 16.7 Å². The van der Waals surface area contributed by atoms with Crippen LogP contribution < -0.4 is 5.32 Å². The maximum absolute atomic E-state index is 12.2. The van der Waals surface area contributed by atoms with Crippen molar-refractivity contribution in [2.24, 2.45) is 12.5 Å². The third kappa shape index (κ3) is 4.00. The Kier molecular flexibility index (Phi) is 4.93. The van der Waals surface area contributed by atoms with Gasteiger partial charge in [-0.1, -0.05) is 30.9 Å². The summed E-state index contributed by atoms with van der Waals surface area (Å²) in [6.07, 6.45) is 6.69. The Morgan fingerprint density at radius 1 is 1.38 bits per heavy atom. The van der Waals surface area contributed by atoms with Crippen molar-refractivity contribution in [2.45, 2.75) is 38.5 Å². The predicted molar refractivity (Wildman–Crippen MR) is 80.5 cm³/mol. The number of nitrogens with zero attached hydrogens (tertiary/aromatic N) is 1. The number of carboxylic acids is 1. The molecule has 2 rings (SSSR count). The lowest BCUT2D eigenvalue weighted by Crippen LogP contribution is -2.40. The van der Waals surface area contributed by atoms with Crippen molar-refractivity contribution < 1.29 is 14.7 Å².